The van der Waals surface area contributed by atoms with E-state index in [2.05, 4.69) is 4.98 Å². The van der Waals surface area contributed by atoms with Gasteiger partial charge >= 0.3 is 5.97 Å². The van der Waals surface area contributed by atoms with Crippen molar-refractivity contribution in [1.82, 2.24) is 4.98 Å². The van der Waals surface area contributed by atoms with Gasteiger partial charge in [-0.1, -0.05) is 0 Å². The number of aromatic carboxylic acids is 1. The first kappa shape index (κ1) is 9.21. The summed E-state index contributed by atoms with van der Waals surface area (Å²) in [7, 11) is 0. The highest BCUT2D eigenvalue weighted by Gasteiger charge is 2.27. The molecule has 5 heteroatoms. The van der Waals surface area contributed by atoms with E-state index in [4.69, 9.17) is 14.3 Å². The van der Waals surface area contributed by atoms with Gasteiger partial charge in [0.15, 0.2) is 5.69 Å². The van der Waals surface area contributed by atoms with Crippen molar-refractivity contribution in [3.05, 3.63) is 17.8 Å². The molecular weight excluding hydrogens is 186 g/mol. The maximum atomic E-state index is 10.5. The fraction of sp³-hybridized carbons (Fsp3) is 0.556. The standard InChI is InChI=1S/C9H11NO4/c1-5-2-3-7(14-5)8-10-6(4-13-8)9(11)12/h4-5,7H,2-3H2,1H3,(H,11,12). The maximum Gasteiger partial charge on any atom is 0.357 e. The van der Waals surface area contributed by atoms with E-state index < -0.39 is 5.97 Å². The summed E-state index contributed by atoms with van der Waals surface area (Å²) < 4.78 is 10.5. The van der Waals surface area contributed by atoms with Crippen LogP contribution in [-0.4, -0.2) is 22.2 Å². The molecule has 1 saturated heterocycles. The third-order valence-corrected chi connectivity index (χ3v) is 2.25. The molecule has 1 aromatic heterocycles. The van der Waals surface area contributed by atoms with Crippen LogP contribution in [-0.2, 0) is 4.74 Å². The Morgan fingerprint density at radius 3 is 2.93 bits per heavy atom. The van der Waals surface area contributed by atoms with E-state index in [0.29, 0.717) is 5.89 Å². The van der Waals surface area contributed by atoms with Crippen molar-refractivity contribution in [2.45, 2.75) is 32.0 Å². The molecule has 0 saturated carbocycles. The SMILES string of the molecule is CC1CCC(c2nc(C(=O)O)co2)O1. The molecule has 0 radical (unpaired) electrons. The predicted molar refractivity (Wildman–Crippen MR) is 46.0 cm³/mol. The number of hydrogen-bond donors (Lipinski definition) is 1. The van der Waals surface area contributed by atoms with Gasteiger partial charge in [0, 0.05) is 0 Å². The number of rotatable bonds is 2. The molecule has 2 heterocycles. The predicted octanol–water partition coefficient (Wildman–Crippen LogP) is 1.61. The smallest absolute Gasteiger partial charge is 0.357 e. The van der Waals surface area contributed by atoms with E-state index in [1.54, 1.807) is 0 Å². The largest absolute Gasteiger partial charge is 0.476 e. The summed E-state index contributed by atoms with van der Waals surface area (Å²) in [6.07, 6.45) is 2.94. The van der Waals surface area contributed by atoms with Crippen LogP contribution in [0.1, 0.15) is 42.2 Å². The van der Waals surface area contributed by atoms with Crippen molar-refractivity contribution in [2.75, 3.05) is 0 Å². The van der Waals surface area contributed by atoms with Crippen LogP contribution in [0.15, 0.2) is 10.7 Å². The molecule has 2 rings (SSSR count). The molecule has 0 aromatic carbocycles. The van der Waals surface area contributed by atoms with Crippen LogP contribution in [0.4, 0.5) is 0 Å². The zero-order chi connectivity index (χ0) is 10.1. The molecule has 2 unspecified atom stereocenters. The topological polar surface area (TPSA) is 72.6 Å². The van der Waals surface area contributed by atoms with Crippen LogP contribution in [0.25, 0.3) is 0 Å². The van der Waals surface area contributed by atoms with Crippen molar-refractivity contribution < 1.29 is 19.1 Å². The Bertz CT molecular complexity index is 346. The van der Waals surface area contributed by atoms with Crippen LogP contribution < -0.4 is 0 Å². The quantitative estimate of drug-likeness (QED) is 0.779. The summed E-state index contributed by atoms with van der Waals surface area (Å²) in [5, 5.41) is 8.63. The molecule has 0 bridgehead atoms. The average Bonchev–Trinajstić information content (AvgIpc) is 2.70. The van der Waals surface area contributed by atoms with Gasteiger partial charge in [-0.3, -0.25) is 0 Å². The van der Waals surface area contributed by atoms with E-state index in [0.717, 1.165) is 19.1 Å². The minimum Gasteiger partial charge on any atom is -0.476 e. The second kappa shape index (κ2) is 3.42. The summed E-state index contributed by atoms with van der Waals surface area (Å²) >= 11 is 0. The Morgan fingerprint density at radius 2 is 2.43 bits per heavy atom. The molecule has 0 spiro atoms. The molecule has 1 aromatic rings. The van der Waals surface area contributed by atoms with Gasteiger partial charge in [0.05, 0.1) is 6.10 Å². The summed E-state index contributed by atoms with van der Waals surface area (Å²) in [4.78, 5) is 14.4. The Labute approximate surface area is 80.7 Å². The molecule has 0 aliphatic carbocycles. The highest BCUT2D eigenvalue weighted by atomic mass is 16.5. The van der Waals surface area contributed by atoms with Crippen LogP contribution in [0.5, 0.6) is 0 Å². The number of aromatic nitrogens is 1. The third kappa shape index (κ3) is 1.63. The van der Waals surface area contributed by atoms with Gasteiger partial charge in [-0.15, -0.1) is 0 Å². The first-order chi connectivity index (χ1) is 6.66. The Kier molecular flexibility index (Phi) is 2.25. The van der Waals surface area contributed by atoms with Crippen LogP contribution in [0.2, 0.25) is 0 Å². The first-order valence-corrected chi connectivity index (χ1v) is 4.51. The Morgan fingerprint density at radius 1 is 1.64 bits per heavy atom. The fourth-order valence-electron chi connectivity index (χ4n) is 1.52. The minimum absolute atomic E-state index is 0.0665. The molecule has 14 heavy (non-hydrogen) atoms. The minimum atomic E-state index is -1.08. The number of hydrogen-bond acceptors (Lipinski definition) is 4. The average molecular weight is 197 g/mol. The van der Waals surface area contributed by atoms with E-state index in [1.807, 2.05) is 6.92 Å². The number of carbonyl (C=O) groups is 1. The second-order valence-electron chi connectivity index (χ2n) is 3.39. The van der Waals surface area contributed by atoms with E-state index in [-0.39, 0.29) is 17.9 Å². The number of carboxylic acids is 1. The number of nitrogens with zero attached hydrogens (tertiary/aromatic N) is 1. The van der Waals surface area contributed by atoms with Gasteiger partial charge in [0.25, 0.3) is 0 Å². The summed E-state index contributed by atoms with van der Waals surface area (Å²) in [6.45, 7) is 1.97. The summed E-state index contributed by atoms with van der Waals surface area (Å²) in [5.74, 6) is -0.710. The van der Waals surface area contributed by atoms with E-state index >= 15 is 0 Å². The lowest BCUT2D eigenvalue weighted by Crippen LogP contribution is -2.02. The Hall–Kier alpha value is -1.36. The van der Waals surface area contributed by atoms with Crippen LogP contribution >= 0.6 is 0 Å². The fourth-order valence-corrected chi connectivity index (χ4v) is 1.52. The number of ether oxygens (including phenoxy) is 1. The lowest BCUT2D eigenvalue weighted by Gasteiger charge is -2.05. The molecule has 0 amide bonds. The number of carboxylic acid groups (broad SMARTS) is 1. The van der Waals surface area contributed by atoms with Gasteiger partial charge in [-0.25, -0.2) is 9.78 Å². The molecule has 1 aliphatic heterocycles. The molecule has 76 valence electrons. The molecule has 1 N–H and O–H groups in total. The highest BCUT2D eigenvalue weighted by molar-refractivity contribution is 5.84. The molecule has 2 atom stereocenters. The van der Waals surface area contributed by atoms with Crippen molar-refractivity contribution in [3.8, 4) is 0 Å². The van der Waals surface area contributed by atoms with Gasteiger partial charge in [-0.05, 0) is 19.8 Å². The van der Waals surface area contributed by atoms with Crippen LogP contribution in [0, 0.1) is 0 Å². The lowest BCUT2D eigenvalue weighted by atomic mass is 10.2. The molecule has 1 aliphatic rings. The second-order valence-corrected chi connectivity index (χ2v) is 3.39. The summed E-state index contributed by atoms with van der Waals surface area (Å²) in [6, 6.07) is 0. The van der Waals surface area contributed by atoms with Gasteiger partial charge < -0.3 is 14.3 Å². The van der Waals surface area contributed by atoms with Crippen LogP contribution in [0.3, 0.4) is 0 Å². The van der Waals surface area contributed by atoms with Crippen molar-refractivity contribution in [1.29, 1.82) is 0 Å². The Balaban J connectivity index is 2.13. The third-order valence-electron chi connectivity index (χ3n) is 2.25. The zero-order valence-electron chi connectivity index (χ0n) is 7.77. The van der Waals surface area contributed by atoms with Gasteiger partial charge in [-0.2, -0.15) is 0 Å². The molecule has 5 nitrogen and oxygen atoms in total. The van der Waals surface area contributed by atoms with Gasteiger partial charge in [0.2, 0.25) is 5.89 Å². The summed E-state index contributed by atoms with van der Waals surface area (Å²) in [5.41, 5.74) is -0.0665. The van der Waals surface area contributed by atoms with E-state index in [9.17, 15) is 4.79 Å². The van der Waals surface area contributed by atoms with Gasteiger partial charge in [0.1, 0.15) is 12.4 Å². The molecule has 1 fully saturated rings. The van der Waals surface area contributed by atoms with E-state index in [1.165, 1.54) is 0 Å². The highest BCUT2D eigenvalue weighted by Crippen LogP contribution is 2.31. The number of oxazole rings is 1. The zero-order valence-corrected chi connectivity index (χ0v) is 7.77. The lowest BCUT2D eigenvalue weighted by molar-refractivity contribution is 0.0391. The van der Waals surface area contributed by atoms with Crippen molar-refractivity contribution in [3.63, 3.8) is 0 Å². The molecular formula is C9H11NO4. The van der Waals surface area contributed by atoms with Crippen molar-refractivity contribution >= 4 is 5.97 Å². The van der Waals surface area contributed by atoms with Crippen molar-refractivity contribution in [2.24, 2.45) is 0 Å². The first-order valence-electron chi connectivity index (χ1n) is 4.51. The monoisotopic (exact) mass is 197 g/mol. The normalized spacial score (nSPS) is 26.6. The maximum absolute atomic E-state index is 10.5.